The number of carbonyl (C=O) groups is 1. The molecule has 0 unspecified atom stereocenters. The van der Waals surface area contributed by atoms with Gasteiger partial charge in [0, 0.05) is 18.0 Å². The van der Waals surface area contributed by atoms with E-state index in [-0.39, 0.29) is 60.1 Å². The van der Waals surface area contributed by atoms with Crippen LogP contribution in [0, 0.1) is 17.7 Å². The third-order valence-corrected chi connectivity index (χ3v) is 12.8. The van der Waals surface area contributed by atoms with Crippen LogP contribution in [0.15, 0.2) is 47.4 Å². The number of rotatable bonds is 5. The van der Waals surface area contributed by atoms with Crippen LogP contribution in [-0.4, -0.2) is 54.9 Å². The molecule has 1 aliphatic heterocycles. The normalized spacial score (nSPS) is 26.3. The zero-order valence-electron chi connectivity index (χ0n) is 25.2. The van der Waals surface area contributed by atoms with E-state index in [1.807, 2.05) is 0 Å². The minimum atomic E-state index is -6.36. The zero-order chi connectivity index (χ0) is 34.1. The summed E-state index contributed by atoms with van der Waals surface area (Å²) in [4.78, 5) is 15.1. The molecule has 2 aromatic rings. The Labute approximate surface area is 261 Å². The Bertz CT molecular complexity index is 1560. The van der Waals surface area contributed by atoms with Gasteiger partial charge in [-0.3, -0.25) is 4.79 Å². The molecule has 0 spiro atoms. The van der Waals surface area contributed by atoms with E-state index in [1.54, 1.807) is 13.8 Å². The summed E-state index contributed by atoms with van der Waals surface area (Å²) in [7, 11) is -4.58. The predicted octanol–water partition coefficient (Wildman–Crippen LogP) is 7.30. The van der Waals surface area contributed by atoms with Gasteiger partial charge >= 0.3 is 18.0 Å². The first-order valence-electron chi connectivity index (χ1n) is 15.2. The van der Waals surface area contributed by atoms with E-state index in [0.29, 0.717) is 37.8 Å². The van der Waals surface area contributed by atoms with Crippen LogP contribution < -0.4 is 0 Å². The average molecular weight is 682 g/mol. The standard InChI is InChI=1S/C32H35F8NO4S/c1-28(2,43)21-8-6-19(7-9-21)27(42)41-17-16-29(46(44,45)24-13-11-23(33)12-14-24)25-15-10-22(18-20(25)4-3-5-26(29)41)30(34,31(35,36)37)32(38,39)40/h10-15,18-19,21,26,43H,3-9,16-17H2,1-2H3/t19?,21?,26-,29-/m0/s1. The van der Waals surface area contributed by atoms with E-state index in [2.05, 4.69) is 0 Å². The number of alkyl halides is 7. The highest BCUT2D eigenvalue weighted by molar-refractivity contribution is 7.92. The molecular weight excluding hydrogens is 646 g/mol. The maximum Gasteiger partial charge on any atom is 0.435 e. The van der Waals surface area contributed by atoms with E-state index >= 15 is 4.39 Å². The molecule has 0 aromatic heterocycles. The van der Waals surface area contributed by atoms with Crippen molar-refractivity contribution in [2.75, 3.05) is 6.54 Å². The van der Waals surface area contributed by atoms with Crippen molar-refractivity contribution in [3.8, 4) is 0 Å². The molecule has 2 aliphatic carbocycles. The summed E-state index contributed by atoms with van der Waals surface area (Å²) in [6.07, 6.45) is -10.9. The first kappa shape index (κ1) is 34.6. The summed E-state index contributed by atoms with van der Waals surface area (Å²) in [6, 6.07) is 4.43. The van der Waals surface area contributed by atoms with Crippen LogP contribution >= 0.6 is 0 Å². The predicted molar refractivity (Wildman–Crippen MR) is 151 cm³/mol. The van der Waals surface area contributed by atoms with Crippen LogP contribution in [0.25, 0.3) is 0 Å². The lowest BCUT2D eigenvalue weighted by Crippen LogP contribution is -2.51. The van der Waals surface area contributed by atoms with Crippen LogP contribution in [0.2, 0.25) is 0 Å². The number of hydrogen-bond acceptors (Lipinski definition) is 4. The SMILES string of the molecule is CC(C)(O)C1CCC(C(=O)N2CC[C@]3(S(=O)(=O)c4ccc(F)cc4)c4ccc(C(F)(C(F)(F)F)C(F)(F)F)cc4CCC[C@H]23)CC1. The number of hydrogen-bond donors (Lipinski definition) is 1. The van der Waals surface area contributed by atoms with E-state index in [9.17, 15) is 49.1 Å². The van der Waals surface area contributed by atoms with Gasteiger partial charge in [-0.25, -0.2) is 17.2 Å². The van der Waals surface area contributed by atoms with Crippen LogP contribution in [0.5, 0.6) is 0 Å². The summed E-state index contributed by atoms with van der Waals surface area (Å²) in [5.41, 5.74) is -8.66. The Morgan fingerprint density at radius 1 is 0.891 bits per heavy atom. The van der Waals surface area contributed by atoms with Crippen LogP contribution in [0.4, 0.5) is 35.1 Å². The minimum Gasteiger partial charge on any atom is -0.390 e. The van der Waals surface area contributed by atoms with Gasteiger partial charge in [0.05, 0.1) is 16.5 Å². The molecule has 2 fully saturated rings. The molecule has 5 rings (SSSR count). The summed E-state index contributed by atoms with van der Waals surface area (Å²) < 4.78 is 138. The van der Waals surface area contributed by atoms with E-state index in [0.717, 1.165) is 30.3 Å². The molecule has 0 bridgehead atoms. The van der Waals surface area contributed by atoms with Crippen molar-refractivity contribution in [1.29, 1.82) is 0 Å². The highest BCUT2D eigenvalue weighted by Gasteiger charge is 2.73. The second-order valence-corrected chi connectivity index (χ2v) is 15.5. The van der Waals surface area contributed by atoms with Crippen molar-refractivity contribution < 1.29 is 53.4 Å². The van der Waals surface area contributed by atoms with Crippen molar-refractivity contribution in [2.24, 2.45) is 11.8 Å². The lowest BCUT2D eigenvalue weighted by Gasteiger charge is -2.40. The lowest BCUT2D eigenvalue weighted by atomic mass is 9.74. The fourth-order valence-corrected chi connectivity index (χ4v) is 10.2. The van der Waals surface area contributed by atoms with E-state index < -0.39 is 61.5 Å². The maximum absolute atomic E-state index is 15.1. The van der Waals surface area contributed by atoms with Crippen LogP contribution in [0.3, 0.4) is 0 Å². The molecule has 46 heavy (non-hydrogen) atoms. The number of carbonyl (C=O) groups excluding carboxylic acids is 1. The topological polar surface area (TPSA) is 74.7 Å². The molecule has 1 saturated heterocycles. The Kier molecular flexibility index (Phi) is 8.61. The molecule has 3 aliphatic rings. The van der Waals surface area contributed by atoms with Crippen LogP contribution in [-0.2, 0) is 31.5 Å². The number of aryl methyl sites for hydroxylation is 1. The molecule has 0 radical (unpaired) electrons. The third-order valence-electron chi connectivity index (χ3n) is 10.3. The minimum absolute atomic E-state index is 0.0388. The Morgan fingerprint density at radius 2 is 1.48 bits per heavy atom. The van der Waals surface area contributed by atoms with E-state index in [1.165, 1.54) is 4.90 Å². The van der Waals surface area contributed by atoms with Gasteiger partial charge < -0.3 is 10.0 Å². The van der Waals surface area contributed by atoms with Gasteiger partial charge in [0.15, 0.2) is 9.84 Å². The maximum atomic E-state index is 15.1. The number of benzene rings is 2. The van der Waals surface area contributed by atoms with Gasteiger partial charge in [-0.05, 0) is 107 Å². The van der Waals surface area contributed by atoms with E-state index in [4.69, 9.17) is 0 Å². The summed E-state index contributed by atoms with van der Waals surface area (Å²) >= 11 is 0. The van der Waals surface area contributed by atoms with Gasteiger partial charge in [-0.1, -0.05) is 18.2 Å². The number of sulfone groups is 1. The largest absolute Gasteiger partial charge is 0.435 e. The highest BCUT2D eigenvalue weighted by Crippen LogP contribution is 2.56. The molecule has 1 saturated carbocycles. The summed E-state index contributed by atoms with van der Waals surface area (Å²) in [6.45, 7) is 3.33. The van der Waals surface area contributed by atoms with Gasteiger partial charge in [0.2, 0.25) is 5.91 Å². The molecule has 1 N–H and O–H groups in total. The number of fused-ring (bicyclic) bond motifs is 3. The number of likely N-dealkylation sites (tertiary alicyclic amines) is 1. The van der Waals surface area contributed by atoms with Crippen molar-refractivity contribution >= 4 is 15.7 Å². The Balaban J connectivity index is 1.63. The van der Waals surface area contributed by atoms with Gasteiger partial charge in [-0.2, -0.15) is 26.3 Å². The lowest BCUT2D eigenvalue weighted by molar-refractivity contribution is -0.348. The number of amides is 1. The molecule has 2 aromatic carbocycles. The number of aliphatic hydroxyl groups is 1. The van der Waals surface area contributed by atoms with Gasteiger partial charge in [-0.15, -0.1) is 0 Å². The van der Waals surface area contributed by atoms with Crippen molar-refractivity contribution in [1.82, 2.24) is 4.90 Å². The second-order valence-electron chi connectivity index (χ2n) is 13.3. The molecule has 254 valence electrons. The molecule has 1 amide bonds. The van der Waals surface area contributed by atoms with Crippen molar-refractivity contribution in [2.45, 2.75) is 105 Å². The third kappa shape index (κ3) is 5.40. The first-order valence-corrected chi connectivity index (χ1v) is 16.6. The molecule has 2 atom stereocenters. The fraction of sp³-hybridized carbons (Fsp3) is 0.594. The number of halogens is 8. The molecule has 14 heteroatoms. The highest BCUT2D eigenvalue weighted by atomic mass is 32.2. The molecule has 1 heterocycles. The zero-order valence-corrected chi connectivity index (χ0v) is 26.0. The first-order chi connectivity index (χ1) is 21.2. The van der Waals surface area contributed by atoms with Gasteiger partial charge in [0.1, 0.15) is 10.6 Å². The molecular formula is C32H35F8NO4S. The summed E-state index contributed by atoms with van der Waals surface area (Å²) in [5, 5.41) is 10.4. The average Bonchev–Trinajstić information content (AvgIpc) is 3.27. The number of nitrogens with zero attached hydrogens (tertiary/aromatic N) is 1. The second kappa shape index (κ2) is 11.5. The Hall–Kier alpha value is -2.74. The van der Waals surface area contributed by atoms with Crippen LogP contribution in [0.1, 0.15) is 75.5 Å². The monoisotopic (exact) mass is 681 g/mol. The Morgan fingerprint density at radius 3 is 2.02 bits per heavy atom. The smallest absolute Gasteiger partial charge is 0.390 e. The summed E-state index contributed by atoms with van der Waals surface area (Å²) in [5.74, 6) is -1.56. The quantitative estimate of drug-likeness (QED) is 0.266. The van der Waals surface area contributed by atoms with Crippen molar-refractivity contribution in [3.05, 3.63) is 65.0 Å². The fourth-order valence-electron chi connectivity index (χ4n) is 7.79. The van der Waals surface area contributed by atoms with Gasteiger partial charge in [0.25, 0.3) is 0 Å². The van der Waals surface area contributed by atoms with Crippen molar-refractivity contribution in [3.63, 3.8) is 0 Å². The molecule has 5 nitrogen and oxygen atoms in total.